The molecule has 7 heteroatoms. The first-order valence-corrected chi connectivity index (χ1v) is 7.15. The van der Waals surface area contributed by atoms with Crippen LogP contribution >= 0.6 is 0 Å². The van der Waals surface area contributed by atoms with Crippen LogP contribution in [0.3, 0.4) is 0 Å². The molecule has 0 radical (unpaired) electrons. The van der Waals surface area contributed by atoms with Gasteiger partial charge in [-0.2, -0.15) is 0 Å². The van der Waals surface area contributed by atoms with E-state index < -0.39 is 0 Å². The van der Waals surface area contributed by atoms with E-state index in [0.29, 0.717) is 31.2 Å². The van der Waals surface area contributed by atoms with Crippen molar-refractivity contribution in [2.24, 2.45) is 0 Å². The fraction of sp³-hybridized carbons (Fsp3) is 0.400. The van der Waals surface area contributed by atoms with Gasteiger partial charge in [0.15, 0.2) is 11.5 Å². The summed E-state index contributed by atoms with van der Waals surface area (Å²) in [6.07, 6.45) is 3.51. The van der Waals surface area contributed by atoms with Crippen LogP contribution in [0, 0.1) is 0 Å². The van der Waals surface area contributed by atoms with E-state index in [1.807, 2.05) is 17.0 Å². The molecule has 1 aliphatic rings. The standard InChI is InChI=1S/C15H18N4O3/c1-21-10-12-7-13(18-22-12)15(20)19-6-5-17-9-14(19)11-3-2-4-16-8-11/h2-4,7-8,14,17H,5-6,9-10H2,1H3. The lowest BCUT2D eigenvalue weighted by Gasteiger charge is -2.35. The molecule has 1 fully saturated rings. The number of rotatable bonds is 4. The predicted octanol–water partition coefficient (Wildman–Crippen LogP) is 1.00. The van der Waals surface area contributed by atoms with Crippen molar-refractivity contribution in [3.8, 4) is 0 Å². The third-order valence-corrected chi connectivity index (χ3v) is 3.64. The zero-order chi connectivity index (χ0) is 15.4. The highest BCUT2D eigenvalue weighted by Crippen LogP contribution is 2.23. The Morgan fingerprint density at radius 3 is 3.27 bits per heavy atom. The molecule has 1 unspecified atom stereocenters. The zero-order valence-corrected chi connectivity index (χ0v) is 12.4. The summed E-state index contributed by atoms with van der Waals surface area (Å²) in [7, 11) is 1.57. The fourth-order valence-corrected chi connectivity index (χ4v) is 2.59. The summed E-state index contributed by atoms with van der Waals surface area (Å²) < 4.78 is 10.1. The molecule has 1 amide bonds. The van der Waals surface area contributed by atoms with Crippen molar-refractivity contribution in [3.63, 3.8) is 0 Å². The van der Waals surface area contributed by atoms with Gasteiger partial charge in [-0.05, 0) is 11.6 Å². The average Bonchev–Trinajstić information content (AvgIpc) is 3.04. The van der Waals surface area contributed by atoms with Gasteiger partial charge in [0.25, 0.3) is 5.91 Å². The first kappa shape index (κ1) is 14.7. The molecule has 0 spiro atoms. The van der Waals surface area contributed by atoms with E-state index in [1.165, 1.54) is 0 Å². The minimum absolute atomic E-state index is 0.0578. The number of aromatic nitrogens is 2. The molecule has 3 rings (SSSR count). The lowest BCUT2D eigenvalue weighted by molar-refractivity contribution is 0.0623. The Labute approximate surface area is 128 Å². The molecule has 1 aliphatic heterocycles. The lowest BCUT2D eigenvalue weighted by Crippen LogP contribution is -2.48. The normalized spacial score (nSPS) is 18.4. The number of carbonyl (C=O) groups excluding carboxylic acids is 1. The van der Waals surface area contributed by atoms with Gasteiger partial charge in [0.1, 0.15) is 6.61 Å². The number of hydrogen-bond acceptors (Lipinski definition) is 6. The minimum atomic E-state index is -0.138. The van der Waals surface area contributed by atoms with Crippen molar-refractivity contribution in [3.05, 3.63) is 47.6 Å². The number of pyridine rings is 1. The molecule has 2 aromatic heterocycles. The Kier molecular flexibility index (Phi) is 4.45. The number of carbonyl (C=O) groups is 1. The molecule has 7 nitrogen and oxygen atoms in total. The van der Waals surface area contributed by atoms with Crippen molar-refractivity contribution >= 4 is 5.91 Å². The van der Waals surface area contributed by atoms with Crippen LogP contribution in [0.4, 0.5) is 0 Å². The summed E-state index contributed by atoms with van der Waals surface area (Å²) in [6.45, 7) is 2.37. The molecule has 0 aromatic carbocycles. The molecular formula is C15H18N4O3. The summed E-state index contributed by atoms with van der Waals surface area (Å²) in [6, 6.07) is 5.43. The third-order valence-electron chi connectivity index (χ3n) is 3.64. The highest BCUT2D eigenvalue weighted by Gasteiger charge is 2.30. The first-order chi connectivity index (χ1) is 10.8. The predicted molar refractivity (Wildman–Crippen MR) is 78.1 cm³/mol. The van der Waals surface area contributed by atoms with E-state index in [2.05, 4.69) is 15.5 Å². The van der Waals surface area contributed by atoms with E-state index in [1.54, 1.807) is 25.6 Å². The van der Waals surface area contributed by atoms with Gasteiger partial charge in [-0.25, -0.2) is 0 Å². The average molecular weight is 302 g/mol. The van der Waals surface area contributed by atoms with Crippen LogP contribution in [0.15, 0.2) is 35.1 Å². The zero-order valence-electron chi connectivity index (χ0n) is 12.4. The van der Waals surface area contributed by atoms with Crippen LogP contribution in [0.1, 0.15) is 27.9 Å². The number of ether oxygens (including phenoxy) is 1. The Morgan fingerprint density at radius 1 is 1.59 bits per heavy atom. The number of nitrogens with one attached hydrogen (secondary N) is 1. The minimum Gasteiger partial charge on any atom is -0.377 e. The molecule has 22 heavy (non-hydrogen) atoms. The molecule has 2 aromatic rings. The Balaban J connectivity index is 1.82. The maximum Gasteiger partial charge on any atom is 0.276 e. The quantitative estimate of drug-likeness (QED) is 0.907. The van der Waals surface area contributed by atoms with Crippen molar-refractivity contribution in [1.82, 2.24) is 20.4 Å². The topological polar surface area (TPSA) is 80.5 Å². The van der Waals surface area contributed by atoms with Crippen molar-refractivity contribution < 1.29 is 14.1 Å². The Bertz CT molecular complexity index is 629. The summed E-state index contributed by atoms with van der Waals surface area (Å²) in [5, 5.41) is 7.17. The molecule has 1 atom stereocenters. The van der Waals surface area contributed by atoms with E-state index in [-0.39, 0.29) is 11.9 Å². The second kappa shape index (κ2) is 6.67. The van der Waals surface area contributed by atoms with Crippen LogP contribution in [0.5, 0.6) is 0 Å². The lowest BCUT2D eigenvalue weighted by atomic mass is 10.0. The molecule has 1 saturated heterocycles. The molecule has 3 heterocycles. The van der Waals surface area contributed by atoms with Gasteiger partial charge in [-0.3, -0.25) is 9.78 Å². The molecule has 116 valence electrons. The van der Waals surface area contributed by atoms with E-state index >= 15 is 0 Å². The maximum atomic E-state index is 12.7. The van der Waals surface area contributed by atoms with Crippen molar-refractivity contribution in [1.29, 1.82) is 0 Å². The van der Waals surface area contributed by atoms with Gasteiger partial charge in [-0.1, -0.05) is 11.2 Å². The van der Waals surface area contributed by atoms with E-state index in [0.717, 1.165) is 12.1 Å². The molecule has 0 bridgehead atoms. The Morgan fingerprint density at radius 2 is 2.50 bits per heavy atom. The van der Waals surface area contributed by atoms with Gasteiger partial charge in [-0.15, -0.1) is 0 Å². The monoisotopic (exact) mass is 302 g/mol. The molecule has 0 aliphatic carbocycles. The second-order valence-electron chi connectivity index (χ2n) is 5.12. The second-order valence-corrected chi connectivity index (χ2v) is 5.12. The van der Waals surface area contributed by atoms with Crippen LogP contribution < -0.4 is 5.32 Å². The van der Waals surface area contributed by atoms with Gasteiger partial charge in [0.2, 0.25) is 0 Å². The van der Waals surface area contributed by atoms with Crippen molar-refractivity contribution in [2.75, 3.05) is 26.7 Å². The van der Waals surface area contributed by atoms with Crippen LogP contribution in [-0.4, -0.2) is 47.7 Å². The molecular weight excluding hydrogens is 284 g/mol. The summed E-state index contributed by atoms with van der Waals surface area (Å²) in [4.78, 5) is 18.7. The van der Waals surface area contributed by atoms with Crippen LogP contribution in [0.2, 0.25) is 0 Å². The number of nitrogens with zero attached hydrogens (tertiary/aromatic N) is 3. The Hall–Kier alpha value is -2.25. The largest absolute Gasteiger partial charge is 0.377 e. The summed E-state index contributed by atoms with van der Waals surface area (Å²) in [5.41, 5.74) is 1.31. The van der Waals surface area contributed by atoms with Crippen LogP contribution in [-0.2, 0) is 11.3 Å². The van der Waals surface area contributed by atoms with Gasteiger partial charge >= 0.3 is 0 Å². The fourth-order valence-electron chi connectivity index (χ4n) is 2.59. The molecule has 0 saturated carbocycles. The summed E-state index contributed by atoms with van der Waals surface area (Å²) >= 11 is 0. The van der Waals surface area contributed by atoms with Gasteiger partial charge in [0.05, 0.1) is 6.04 Å². The number of hydrogen-bond donors (Lipinski definition) is 1. The van der Waals surface area contributed by atoms with E-state index in [4.69, 9.17) is 9.26 Å². The highest BCUT2D eigenvalue weighted by molar-refractivity contribution is 5.92. The number of amides is 1. The van der Waals surface area contributed by atoms with Crippen molar-refractivity contribution in [2.45, 2.75) is 12.6 Å². The SMILES string of the molecule is COCc1cc(C(=O)N2CCNCC2c2cccnc2)no1. The van der Waals surface area contributed by atoms with Gasteiger partial charge in [0, 0.05) is 45.2 Å². The number of methoxy groups -OCH3 is 1. The maximum absolute atomic E-state index is 12.7. The first-order valence-electron chi connectivity index (χ1n) is 7.15. The highest BCUT2D eigenvalue weighted by atomic mass is 16.5. The number of piperazine rings is 1. The third kappa shape index (κ3) is 3.00. The molecule has 1 N–H and O–H groups in total. The smallest absolute Gasteiger partial charge is 0.276 e. The van der Waals surface area contributed by atoms with E-state index in [9.17, 15) is 4.79 Å². The van der Waals surface area contributed by atoms with Crippen LogP contribution in [0.25, 0.3) is 0 Å². The van der Waals surface area contributed by atoms with Gasteiger partial charge < -0.3 is 19.5 Å². The summed E-state index contributed by atoms with van der Waals surface area (Å²) in [5.74, 6) is 0.403.